The predicted octanol–water partition coefficient (Wildman–Crippen LogP) is 3.66. The summed E-state index contributed by atoms with van der Waals surface area (Å²) in [6, 6.07) is 13.4. The van der Waals surface area contributed by atoms with Crippen molar-refractivity contribution in [2.45, 2.75) is 63.7 Å². The lowest BCUT2D eigenvalue weighted by Crippen LogP contribution is -2.50. The summed E-state index contributed by atoms with van der Waals surface area (Å²) in [5, 5.41) is 12.4. The van der Waals surface area contributed by atoms with Crippen molar-refractivity contribution in [3.8, 4) is 0 Å². The van der Waals surface area contributed by atoms with Crippen molar-refractivity contribution in [2.75, 3.05) is 36.9 Å². The van der Waals surface area contributed by atoms with Crippen LogP contribution in [-0.4, -0.2) is 79.5 Å². The molecule has 3 aliphatic rings. The zero-order chi connectivity index (χ0) is 31.8. The molecule has 11 nitrogen and oxygen atoms in total. The van der Waals surface area contributed by atoms with E-state index >= 15 is 0 Å². The molecular weight excluding hydrogens is 592 g/mol. The summed E-state index contributed by atoms with van der Waals surface area (Å²) in [4.78, 5) is 58.4. The lowest BCUT2D eigenvalue weighted by Gasteiger charge is -2.27. The smallest absolute Gasteiger partial charge is 0.414 e. The van der Waals surface area contributed by atoms with Crippen molar-refractivity contribution in [1.82, 2.24) is 21.3 Å². The fourth-order valence-electron chi connectivity index (χ4n) is 5.30. The number of carbonyl (C=O) groups excluding carboxylic acids is 4. The molecule has 1 saturated heterocycles. The number of cyclic esters (lactones) is 1. The SMILES string of the molecule is C[C@H](NC[C@H](CC1CSC=N1)NC(=O)c1cc(C(=O)N[C@H](C)c2ccccc2)cc(N2CCCOC2=O)c1)C(=O)NCC1CC1. The van der Waals surface area contributed by atoms with Gasteiger partial charge in [-0.05, 0) is 69.2 Å². The number of amides is 4. The molecule has 240 valence electrons. The van der Waals surface area contributed by atoms with Crippen LogP contribution in [0.15, 0.2) is 53.5 Å². The number of rotatable bonds is 14. The van der Waals surface area contributed by atoms with Crippen LogP contribution in [0.4, 0.5) is 10.5 Å². The van der Waals surface area contributed by atoms with Crippen molar-refractivity contribution >= 4 is 46.8 Å². The maximum Gasteiger partial charge on any atom is 0.414 e. The minimum Gasteiger partial charge on any atom is -0.449 e. The van der Waals surface area contributed by atoms with Gasteiger partial charge < -0.3 is 26.0 Å². The first-order chi connectivity index (χ1) is 21.8. The van der Waals surface area contributed by atoms with E-state index in [1.54, 1.807) is 30.0 Å². The number of aliphatic imine (C=N–C) groups is 1. The summed E-state index contributed by atoms with van der Waals surface area (Å²) in [7, 11) is 0. The Kier molecular flexibility index (Phi) is 11.1. The second kappa shape index (κ2) is 15.4. The van der Waals surface area contributed by atoms with Crippen molar-refractivity contribution in [2.24, 2.45) is 10.9 Å². The number of anilines is 1. The van der Waals surface area contributed by atoms with Crippen molar-refractivity contribution in [3.63, 3.8) is 0 Å². The Labute approximate surface area is 268 Å². The zero-order valence-corrected chi connectivity index (χ0v) is 26.6. The second-order valence-electron chi connectivity index (χ2n) is 12.0. The van der Waals surface area contributed by atoms with Gasteiger partial charge in [0.25, 0.3) is 11.8 Å². The Morgan fingerprint density at radius 2 is 1.78 bits per heavy atom. The summed E-state index contributed by atoms with van der Waals surface area (Å²) < 4.78 is 5.24. The summed E-state index contributed by atoms with van der Waals surface area (Å²) in [6.45, 7) is 5.50. The Hall–Kier alpha value is -3.90. The lowest BCUT2D eigenvalue weighted by molar-refractivity contribution is -0.122. The Morgan fingerprint density at radius 1 is 1.04 bits per heavy atom. The van der Waals surface area contributed by atoms with Gasteiger partial charge in [-0.25, -0.2) is 4.79 Å². The molecule has 4 atom stereocenters. The third-order valence-electron chi connectivity index (χ3n) is 8.23. The Bertz CT molecular complexity index is 1400. The van der Waals surface area contributed by atoms with Gasteiger partial charge in [-0.3, -0.25) is 24.3 Å². The van der Waals surface area contributed by atoms with Gasteiger partial charge in [0.1, 0.15) is 0 Å². The van der Waals surface area contributed by atoms with Gasteiger partial charge in [0.2, 0.25) is 5.91 Å². The molecule has 1 unspecified atom stereocenters. The average Bonchev–Trinajstić information content (AvgIpc) is 3.75. The number of hydrogen-bond acceptors (Lipinski definition) is 8. The van der Waals surface area contributed by atoms with E-state index in [1.165, 1.54) is 4.90 Å². The molecule has 1 saturated carbocycles. The van der Waals surface area contributed by atoms with E-state index in [0.717, 1.165) is 24.2 Å². The van der Waals surface area contributed by atoms with Crippen molar-refractivity contribution < 1.29 is 23.9 Å². The van der Waals surface area contributed by atoms with Crippen LogP contribution in [-0.2, 0) is 9.53 Å². The molecular formula is C33H42N6O5S. The van der Waals surface area contributed by atoms with E-state index in [2.05, 4.69) is 26.3 Å². The summed E-state index contributed by atoms with van der Waals surface area (Å²) in [5.74, 6) is 0.582. The summed E-state index contributed by atoms with van der Waals surface area (Å²) in [6.07, 6.45) is 3.01. The number of thioether (sulfide) groups is 1. The molecule has 2 heterocycles. The number of ether oxygens (including phenoxy) is 1. The molecule has 2 fully saturated rings. The van der Waals surface area contributed by atoms with E-state index in [1.807, 2.05) is 49.7 Å². The maximum absolute atomic E-state index is 13.8. The van der Waals surface area contributed by atoms with Crippen LogP contribution in [0.2, 0.25) is 0 Å². The van der Waals surface area contributed by atoms with Gasteiger partial charge in [0, 0.05) is 48.2 Å². The third kappa shape index (κ3) is 9.30. The molecule has 1 aliphatic carbocycles. The highest BCUT2D eigenvalue weighted by atomic mass is 32.2. The van der Waals surface area contributed by atoms with E-state index < -0.39 is 12.1 Å². The van der Waals surface area contributed by atoms with E-state index in [9.17, 15) is 19.2 Å². The quantitative estimate of drug-likeness (QED) is 0.249. The maximum atomic E-state index is 13.8. The first-order valence-electron chi connectivity index (χ1n) is 15.7. The average molecular weight is 635 g/mol. The number of hydrogen-bond donors (Lipinski definition) is 4. The Balaban J connectivity index is 1.33. The summed E-state index contributed by atoms with van der Waals surface area (Å²) in [5.41, 5.74) is 3.68. The monoisotopic (exact) mass is 634 g/mol. The van der Waals surface area contributed by atoms with Crippen LogP contribution in [0, 0.1) is 5.92 Å². The van der Waals surface area contributed by atoms with Gasteiger partial charge in [-0.2, -0.15) is 0 Å². The molecule has 2 aliphatic heterocycles. The summed E-state index contributed by atoms with van der Waals surface area (Å²) >= 11 is 1.63. The lowest BCUT2D eigenvalue weighted by atomic mass is 10.0. The standard InChI is InChI=1S/C33H42N6O5S/c1-21(24-7-4-3-5-8-24)37-31(41)25-13-26(15-29(14-25)39-11-6-12-44-33(39)43)32(42)38-27(16-28-19-45-20-36-28)18-34-22(2)30(40)35-17-23-9-10-23/h3-5,7-8,13-15,20-23,27-28,34H,6,9-12,16-19H2,1-2H3,(H,35,40)(H,37,41)(H,38,42)/t21-,22+,27+,28?/m1/s1. The normalized spacial score (nSPS) is 19.7. The van der Waals surface area contributed by atoms with E-state index in [4.69, 9.17) is 4.74 Å². The molecule has 45 heavy (non-hydrogen) atoms. The van der Waals surface area contributed by atoms with Gasteiger partial charge in [0.15, 0.2) is 0 Å². The first kappa shape index (κ1) is 32.5. The molecule has 0 aromatic heterocycles. The molecule has 0 spiro atoms. The molecule has 2 aromatic carbocycles. The predicted molar refractivity (Wildman–Crippen MR) is 176 cm³/mol. The fraction of sp³-hybridized carbons (Fsp3) is 0.485. The van der Waals surface area contributed by atoms with Crippen LogP contribution in [0.1, 0.15) is 71.9 Å². The number of nitrogens with one attached hydrogen (secondary N) is 4. The largest absolute Gasteiger partial charge is 0.449 e. The molecule has 12 heteroatoms. The first-order valence-corrected chi connectivity index (χ1v) is 16.7. The molecule has 2 aromatic rings. The highest BCUT2D eigenvalue weighted by Crippen LogP contribution is 2.27. The van der Waals surface area contributed by atoms with Crippen LogP contribution in [0.5, 0.6) is 0 Å². The molecule has 4 N–H and O–H groups in total. The van der Waals surface area contributed by atoms with Crippen LogP contribution < -0.4 is 26.2 Å². The van der Waals surface area contributed by atoms with Gasteiger partial charge in [0.05, 0.1) is 30.3 Å². The molecule has 5 rings (SSSR count). The van der Waals surface area contributed by atoms with Gasteiger partial charge in [-0.15, -0.1) is 11.8 Å². The fourth-order valence-corrected chi connectivity index (χ4v) is 6.09. The second-order valence-corrected chi connectivity index (χ2v) is 12.8. The Morgan fingerprint density at radius 3 is 2.44 bits per heavy atom. The van der Waals surface area contributed by atoms with E-state index in [-0.39, 0.29) is 47.0 Å². The molecule has 4 amide bonds. The van der Waals surface area contributed by atoms with Crippen molar-refractivity contribution in [3.05, 3.63) is 65.2 Å². The minimum atomic E-state index is -0.518. The third-order valence-corrected chi connectivity index (χ3v) is 9.07. The topological polar surface area (TPSA) is 141 Å². The van der Waals surface area contributed by atoms with Gasteiger partial charge in [-0.1, -0.05) is 30.3 Å². The molecule has 0 radical (unpaired) electrons. The van der Waals surface area contributed by atoms with E-state index in [0.29, 0.717) is 50.7 Å². The van der Waals surface area contributed by atoms with Crippen LogP contribution in [0.3, 0.4) is 0 Å². The van der Waals surface area contributed by atoms with Crippen LogP contribution >= 0.6 is 11.8 Å². The number of nitrogens with zero attached hydrogens (tertiary/aromatic N) is 2. The zero-order valence-electron chi connectivity index (χ0n) is 25.8. The van der Waals surface area contributed by atoms with Gasteiger partial charge >= 0.3 is 6.09 Å². The van der Waals surface area contributed by atoms with Crippen molar-refractivity contribution in [1.29, 1.82) is 0 Å². The number of carbonyl (C=O) groups is 4. The highest BCUT2D eigenvalue weighted by molar-refractivity contribution is 8.12. The van der Waals surface area contributed by atoms with Crippen LogP contribution in [0.25, 0.3) is 0 Å². The number of benzene rings is 2. The minimum absolute atomic E-state index is 0.0383. The highest BCUT2D eigenvalue weighted by Gasteiger charge is 2.27. The molecule has 0 bridgehead atoms.